The molecule has 3 rings (SSSR count). The minimum Gasteiger partial charge on any atom is -0.301 e. The monoisotopic (exact) mass is 320 g/mol. The lowest BCUT2D eigenvalue weighted by Gasteiger charge is -2.23. The minimum atomic E-state index is 0.811. The summed E-state index contributed by atoms with van der Waals surface area (Å²) in [5.41, 5.74) is 0. The van der Waals surface area contributed by atoms with Gasteiger partial charge in [0.05, 0.1) is 0 Å². The van der Waals surface area contributed by atoms with E-state index in [1.54, 1.807) is 0 Å². The summed E-state index contributed by atoms with van der Waals surface area (Å²) >= 11 is 0. The molecule has 4 nitrogen and oxygen atoms in total. The minimum absolute atomic E-state index is 0.811. The van der Waals surface area contributed by atoms with Gasteiger partial charge in [-0.1, -0.05) is 0 Å². The van der Waals surface area contributed by atoms with Gasteiger partial charge in [-0.3, -0.25) is 9.80 Å². The molecule has 23 heavy (non-hydrogen) atoms. The highest BCUT2D eigenvalue weighted by Crippen LogP contribution is 2.18. The smallest absolute Gasteiger partial charge is 0.146 e. The van der Waals surface area contributed by atoms with E-state index in [0.717, 1.165) is 12.1 Å². The van der Waals surface area contributed by atoms with Crippen LogP contribution in [0.4, 0.5) is 0 Å². The molecule has 3 saturated heterocycles. The number of nitrogens with zero attached hydrogens (tertiary/aromatic N) is 4. The van der Waals surface area contributed by atoms with Gasteiger partial charge in [-0.15, -0.1) is 0 Å². The maximum atomic E-state index is 3.59. The maximum absolute atomic E-state index is 3.59. The normalized spacial score (nSPS) is 31.6. The molecule has 3 aliphatic heterocycles. The number of likely N-dealkylation sites (tertiary alicyclic amines) is 2. The summed E-state index contributed by atoms with van der Waals surface area (Å²) < 4.78 is 0. The summed E-state index contributed by atoms with van der Waals surface area (Å²) in [6.45, 7) is 18.2. The summed E-state index contributed by atoms with van der Waals surface area (Å²) in [4.78, 5) is 10.1. The van der Waals surface area contributed by atoms with Crippen LogP contribution in [0, 0.1) is 6.67 Å². The van der Waals surface area contributed by atoms with Gasteiger partial charge in [0.25, 0.3) is 0 Å². The number of hydrogen-bond acceptors (Lipinski definition) is 4. The Labute approximate surface area is 143 Å². The molecule has 4 heteroatoms. The van der Waals surface area contributed by atoms with Crippen LogP contribution < -0.4 is 0 Å². The van der Waals surface area contributed by atoms with Crippen LogP contribution in [0.5, 0.6) is 0 Å². The molecule has 3 fully saturated rings. The topological polar surface area (TPSA) is 13.0 Å². The average molecular weight is 321 g/mol. The summed E-state index contributed by atoms with van der Waals surface area (Å²) in [5, 5.41) is 0. The van der Waals surface area contributed by atoms with Gasteiger partial charge in [0, 0.05) is 38.3 Å². The summed E-state index contributed by atoms with van der Waals surface area (Å²) in [6.07, 6.45) is 8.16. The van der Waals surface area contributed by atoms with Gasteiger partial charge in [-0.05, 0) is 78.6 Å². The van der Waals surface area contributed by atoms with E-state index in [0.29, 0.717) is 0 Å². The van der Waals surface area contributed by atoms with E-state index < -0.39 is 0 Å². The zero-order valence-electron chi connectivity index (χ0n) is 15.3. The molecule has 132 valence electrons. The Balaban J connectivity index is 1.24. The van der Waals surface area contributed by atoms with Crippen molar-refractivity contribution >= 4 is 0 Å². The zero-order chi connectivity index (χ0) is 16.1. The highest BCUT2D eigenvalue weighted by molar-refractivity contribution is 4.82. The summed E-state index contributed by atoms with van der Waals surface area (Å²) in [5.74, 6) is 0. The second-order valence-corrected chi connectivity index (χ2v) is 7.84. The number of rotatable bonds is 8. The van der Waals surface area contributed by atoms with Gasteiger partial charge in [0.1, 0.15) is 6.67 Å². The van der Waals surface area contributed by atoms with E-state index in [9.17, 15) is 0 Å². The Bertz CT molecular complexity index is 316. The highest BCUT2D eigenvalue weighted by atomic mass is 15.4. The molecule has 0 aromatic rings. The van der Waals surface area contributed by atoms with Crippen LogP contribution in [0.3, 0.4) is 0 Å². The first-order valence-electron chi connectivity index (χ1n) is 9.96. The Morgan fingerprint density at radius 2 is 1.17 bits per heavy atom. The van der Waals surface area contributed by atoms with Gasteiger partial charge >= 0.3 is 0 Å². The van der Waals surface area contributed by atoms with Crippen molar-refractivity contribution in [2.24, 2.45) is 0 Å². The standard InChI is InChI=1S/C19H36N4/c1-18-7-3-11-22(18)13-5-9-20-15-16-21(17-20)10-6-14-23-12-4-8-19(23)2/h18-19H,3-16H2,1-2H3/t18-,19-/m0/s1. The molecule has 3 aliphatic rings. The van der Waals surface area contributed by atoms with Crippen LogP contribution in [-0.2, 0) is 0 Å². The molecule has 3 heterocycles. The van der Waals surface area contributed by atoms with Crippen molar-refractivity contribution in [1.82, 2.24) is 19.6 Å². The van der Waals surface area contributed by atoms with Crippen molar-refractivity contribution in [3.8, 4) is 0 Å². The van der Waals surface area contributed by atoms with Gasteiger partial charge < -0.3 is 9.80 Å². The third-order valence-electron chi connectivity index (χ3n) is 6.05. The molecule has 0 aliphatic carbocycles. The van der Waals surface area contributed by atoms with E-state index in [1.165, 1.54) is 90.9 Å². The van der Waals surface area contributed by atoms with Gasteiger partial charge in [0.15, 0.2) is 0 Å². The van der Waals surface area contributed by atoms with Crippen molar-refractivity contribution in [3.63, 3.8) is 0 Å². The van der Waals surface area contributed by atoms with Crippen molar-refractivity contribution in [3.05, 3.63) is 6.67 Å². The summed E-state index contributed by atoms with van der Waals surface area (Å²) in [7, 11) is 0. The van der Waals surface area contributed by atoms with Crippen molar-refractivity contribution in [1.29, 1.82) is 0 Å². The fraction of sp³-hybridized carbons (Fsp3) is 0.947. The second-order valence-electron chi connectivity index (χ2n) is 7.84. The molecule has 0 N–H and O–H groups in total. The van der Waals surface area contributed by atoms with E-state index in [-0.39, 0.29) is 0 Å². The van der Waals surface area contributed by atoms with Crippen molar-refractivity contribution in [2.75, 3.05) is 52.4 Å². The third-order valence-corrected chi connectivity index (χ3v) is 6.05. The maximum Gasteiger partial charge on any atom is 0.146 e. The van der Waals surface area contributed by atoms with E-state index in [4.69, 9.17) is 0 Å². The lowest BCUT2D eigenvalue weighted by atomic mass is 10.2. The van der Waals surface area contributed by atoms with Crippen LogP contribution in [0.15, 0.2) is 0 Å². The molecule has 2 atom stereocenters. The molecule has 0 aromatic heterocycles. The molecule has 0 amide bonds. The molecular formula is C19H36N4. The fourth-order valence-electron chi connectivity index (χ4n) is 4.44. The van der Waals surface area contributed by atoms with Gasteiger partial charge in [-0.25, -0.2) is 0 Å². The molecule has 0 spiro atoms. The Morgan fingerprint density at radius 1 is 0.696 bits per heavy atom. The third kappa shape index (κ3) is 5.15. The van der Waals surface area contributed by atoms with Crippen LogP contribution >= 0.6 is 0 Å². The van der Waals surface area contributed by atoms with Crippen molar-refractivity contribution < 1.29 is 0 Å². The summed E-state index contributed by atoms with van der Waals surface area (Å²) in [6, 6.07) is 1.62. The average Bonchev–Trinajstić information content (AvgIpc) is 3.24. The van der Waals surface area contributed by atoms with Crippen LogP contribution in [-0.4, -0.2) is 84.0 Å². The van der Waals surface area contributed by atoms with Crippen LogP contribution in [0.1, 0.15) is 52.4 Å². The SMILES string of the molecule is C[C@H]1CCCN1CCCN1[C]N(CCCN2CCC[C@@H]2C)CC1. The largest absolute Gasteiger partial charge is 0.301 e. The van der Waals surface area contributed by atoms with Gasteiger partial charge in [0.2, 0.25) is 0 Å². The lowest BCUT2D eigenvalue weighted by molar-refractivity contribution is 0.235. The first-order valence-corrected chi connectivity index (χ1v) is 9.96. The Morgan fingerprint density at radius 3 is 1.57 bits per heavy atom. The van der Waals surface area contributed by atoms with Crippen LogP contribution in [0.25, 0.3) is 0 Å². The molecule has 0 bridgehead atoms. The van der Waals surface area contributed by atoms with Crippen LogP contribution in [0.2, 0.25) is 0 Å². The number of hydrogen-bond donors (Lipinski definition) is 0. The first-order chi connectivity index (χ1) is 11.2. The first kappa shape index (κ1) is 17.7. The molecule has 2 radical (unpaired) electrons. The second kappa shape index (κ2) is 8.80. The fourth-order valence-corrected chi connectivity index (χ4v) is 4.44. The lowest BCUT2D eigenvalue weighted by Crippen LogP contribution is -2.31. The molecular weight excluding hydrogens is 284 g/mol. The van der Waals surface area contributed by atoms with Gasteiger partial charge in [-0.2, -0.15) is 0 Å². The Kier molecular flexibility index (Phi) is 6.75. The van der Waals surface area contributed by atoms with E-state index in [2.05, 4.69) is 40.1 Å². The Hall–Kier alpha value is -0.160. The molecule has 0 unspecified atom stereocenters. The van der Waals surface area contributed by atoms with E-state index >= 15 is 0 Å². The van der Waals surface area contributed by atoms with Crippen molar-refractivity contribution in [2.45, 2.75) is 64.5 Å². The predicted molar refractivity (Wildman–Crippen MR) is 96.2 cm³/mol. The highest BCUT2D eigenvalue weighted by Gasteiger charge is 2.24. The predicted octanol–water partition coefficient (Wildman–Crippen LogP) is 2.35. The zero-order valence-corrected chi connectivity index (χ0v) is 15.3. The van der Waals surface area contributed by atoms with E-state index in [1.807, 2.05) is 0 Å². The molecule has 0 saturated carbocycles. The quantitative estimate of drug-likeness (QED) is 0.680. The molecule has 0 aromatic carbocycles.